The van der Waals surface area contributed by atoms with Gasteiger partial charge in [0.05, 0.1) is 6.61 Å². The fourth-order valence-electron chi connectivity index (χ4n) is 2.03. The Bertz CT molecular complexity index is 447. The lowest BCUT2D eigenvalue weighted by molar-refractivity contribution is -0.133. The third-order valence-electron chi connectivity index (χ3n) is 3.11. The van der Waals surface area contributed by atoms with Gasteiger partial charge in [-0.15, -0.1) is 0 Å². The van der Waals surface area contributed by atoms with E-state index in [-0.39, 0.29) is 18.4 Å². The van der Waals surface area contributed by atoms with Crippen LogP contribution in [0.3, 0.4) is 0 Å². The molecule has 1 aliphatic rings. The van der Waals surface area contributed by atoms with Gasteiger partial charge in [-0.05, 0) is 12.0 Å². The van der Waals surface area contributed by atoms with Gasteiger partial charge in [0, 0.05) is 13.6 Å². The van der Waals surface area contributed by atoms with Gasteiger partial charge in [-0.25, -0.2) is 0 Å². The van der Waals surface area contributed by atoms with Crippen LogP contribution in [0.25, 0.3) is 0 Å². The summed E-state index contributed by atoms with van der Waals surface area (Å²) in [6.45, 7) is 1.06. The molecule has 1 saturated heterocycles. The van der Waals surface area contributed by atoms with E-state index in [0.717, 1.165) is 5.56 Å². The number of carbonyl (C=O) groups is 2. The third kappa shape index (κ3) is 3.79. The van der Waals surface area contributed by atoms with Crippen molar-refractivity contribution >= 4 is 11.8 Å². The number of nitrogens with one attached hydrogen (secondary N) is 1. The Morgan fingerprint density at radius 2 is 2.16 bits per heavy atom. The highest BCUT2D eigenvalue weighted by Gasteiger charge is 2.29. The molecule has 0 aliphatic carbocycles. The molecule has 19 heavy (non-hydrogen) atoms. The summed E-state index contributed by atoms with van der Waals surface area (Å²) in [5.41, 5.74) is 1.02. The molecule has 5 heteroatoms. The first-order valence-electron chi connectivity index (χ1n) is 6.33. The standard InChI is InChI=1S/C14H18N2O3/c1-16-8-7-12(14(16)18)15-13(17)10-19-9-11-5-3-2-4-6-11/h2-6,12H,7-10H2,1H3,(H,15,17)/t12-/m1/s1. The number of hydrogen-bond donors (Lipinski definition) is 1. The minimum Gasteiger partial charge on any atom is -0.367 e. The molecule has 1 heterocycles. The molecule has 1 fully saturated rings. The van der Waals surface area contributed by atoms with E-state index in [1.165, 1.54) is 0 Å². The highest BCUT2D eigenvalue weighted by molar-refractivity contribution is 5.89. The minimum atomic E-state index is -0.391. The van der Waals surface area contributed by atoms with Gasteiger partial charge < -0.3 is 15.0 Å². The SMILES string of the molecule is CN1CC[C@@H](NC(=O)COCc2ccccc2)C1=O. The molecule has 0 saturated carbocycles. The second-order valence-corrected chi connectivity index (χ2v) is 4.65. The number of likely N-dealkylation sites (N-methyl/N-ethyl adjacent to an activating group) is 1. The molecule has 1 atom stereocenters. The van der Waals surface area contributed by atoms with Crippen LogP contribution in [0.15, 0.2) is 30.3 Å². The summed E-state index contributed by atoms with van der Waals surface area (Å²) in [7, 11) is 1.74. The van der Waals surface area contributed by atoms with Crippen molar-refractivity contribution in [2.45, 2.75) is 19.1 Å². The molecular weight excluding hydrogens is 244 g/mol. The van der Waals surface area contributed by atoms with Crippen LogP contribution in [0.2, 0.25) is 0 Å². The first kappa shape index (κ1) is 13.5. The topological polar surface area (TPSA) is 58.6 Å². The fraction of sp³-hybridized carbons (Fsp3) is 0.429. The Balaban J connectivity index is 1.69. The van der Waals surface area contributed by atoms with E-state index in [0.29, 0.717) is 19.6 Å². The fourth-order valence-corrected chi connectivity index (χ4v) is 2.03. The van der Waals surface area contributed by atoms with Gasteiger partial charge in [0.15, 0.2) is 0 Å². The van der Waals surface area contributed by atoms with Crippen LogP contribution in [0.5, 0.6) is 0 Å². The van der Waals surface area contributed by atoms with Crippen LogP contribution in [0, 0.1) is 0 Å². The van der Waals surface area contributed by atoms with Crippen LogP contribution in [0.4, 0.5) is 0 Å². The number of ether oxygens (including phenoxy) is 1. The highest BCUT2D eigenvalue weighted by Crippen LogP contribution is 2.08. The van der Waals surface area contributed by atoms with Crippen molar-refractivity contribution < 1.29 is 14.3 Å². The van der Waals surface area contributed by atoms with Gasteiger partial charge in [0.1, 0.15) is 12.6 Å². The molecule has 0 radical (unpaired) electrons. The maximum atomic E-state index is 11.6. The van der Waals surface area contributed by atoms with Crippen molar-refractivity contribution in [1.82, 2.24) is 10.2 Å². The number of rotatable bonds is 5. The van der Waals surface area contributed by atoms with E-state index in [2.05, 4.69) is 5.32 Å². The van der Waals surface area contributed by atoms with E-state index in [4.69, 9.17) is 4.74 Å². The second kappa shape index (κ2) is 6.33. The van der Waals surface area contributed by atoms with Gasteiger partial charge in [-0.1, -0.05) is 30.3 Å². The van der Waals surface area contributed by atoms with E-state index in [1.807, 2.05) is 30.3 Å². The molecular formula is C14H18N2O3. The van der Waals surface area contributed by atoms with Crippen molar-refractivity contribution in [2.24, 2.45) is 0 Å². The molecule has 0 unspecified atom stereocenters. The van der Waals surface area contributed by atoms with Crippen LogP contribution in [-0.2, 0) is 20.9 Å². The molecule has 1 aromatic carbocycles. The first-order chi connectivity index (χ1) is 9.16. The lowest BCUT2D eigenvalue weighted by atomic mass is 10.2. The molecule has 0 aromatic heterocycles. The maximum absolute atomic E-state index is 11.6. The summed E-state index contributed by atoms with van der Waals surface area (Å²) in [5.74, 6) is -0.277. The maximum Gasteiger partial charge on any atom is 0.246 e. The smallest absolute Gasteiger partial charge is 0.246 e. The quantitative estimate of drug-likeness (QED) is 0.843. The monoisotopic (exact) mass is 262 g/mol. The number of carbonyl (C=O) groups excluding carboxylic acids is 2. The average Bonchev–Trinajstić information content (AvgIpc) is 2.72. The summed E-state index contributed by atoms with van der Waals surface area (Å²) >= 11 is 0. The molecule has 1 aromatic rings. The molecule has 1 aliphatic heterocycles. The predicted molar refractivity (Wildman–Crippen MR) is 70.3 cm³/mol. The average molecular weight is 262 g/mol. The molecule has 2 rings (SSSR count). The molecule has 1 N–H and O–H groups in total. The molecule has 2 amide bonds. The van der Waals surface area contributed by atoms with Gasteiger partial charge in [-0.2, -0.15) is 0 Å². The number of hydrogen-bond acceptors (Lipinski definition) is 3. The van der Waals surface area contributed by atoms with Crippen LogP contribution < -0.4 is 5.32 Å². The zero-order valence-corrected chi connectivity index (χ0v) is 11.0. The van der Waals surface area contributed by atoms with E-state index >= 15 is 0 Å². The van der Waals surface area contributed by atoms with E-state index < -0.39 is 6.04 Å². The Morgan fingerprint density at radius 1 is 1.42 bits per heavy atom. The van der Waals surface area contributed by atoms with Gasteiger partial charge in [0.25, 0.3) is 0 Å². The summed E-state index contributed by atoms with van der Waals surface area (Å²) in [6.07, 6.45) is 0.666. The lowest BCUT2D eigenvalue weighted by Gasteiger charge is -2.12. The first-order valence-corrected chi connectivity index (χ1v) is 6.33. The van der Waals surface area contributed by atoms with Gasteiger partial charge >= 0.3 is 0 Å². The van der Waals surface area contributed by atoms with Gasteiger partial charge in [0.2, 0.25) is 11.8 Å². The molecule has 0 bridgehead atoms. The molecule has 5 nitrogen and oxygen atoms in total. The number of nitrogens with zero attached hydrogens (tertiary/aromatic N) is 1. The van der Waals surface area contributed by atoms with Crippen molar-refractivity contribution in [3.8, 4) is 0 Å². The van der Waals surface area contributed by atoms with Gasteiger partial charge in [-0.3, -0.25) is 9.59 Å². The van der Waals surface area contributed by atoms with Crippen molar-refractivity contribution in [2.75, 3.05) is 20.2 Å². The van der Waals surface area contributed by atoms with Crippen LogP contribution >= 0.6 is 0 Å². The van der Waals surface area contributed by atoms with E-state index in [9.17, 15) is 9.59 Å². The minimum absolute atomic E-state index is 0.0254. The summed E-state index contributed by atoms with van der Waals surface area (Å²) in [4.78, 5) is 24.9. The number of benzene rings is 1. The van der Waals surface area contributed by atoms with Crippen molar-refractivity contribution in [1.29, 1.82) is 0 Å². The largest absolute Gasteiger partial charge is 0.367 e. The lowest BCUT2D eigenvalue weighted by Crippen LogP contribution is -2.42. The molecule has 102 valence electrons. The van der Waals surface area contributed by atoms with Crippen molar-refractivity contribution in [3.05, 3.63) is 35.9 Å². The zero-order chi connectivity index (χ0) is 13.7. The molecule has 0 spiro atoms. The Kier molecular flexibility index (Phi) is 4.52. The van der Waals surface area contributed by atoms with Crippen LogP contribution in [0.1, 0.15) is 12.0 Å². The Hall–Kier alpha value is -1.88. The summed E-state index contributed by atoms with van der Waals surface area (Å²) < 4.78 is 5.32. The van der Waals surface area contributed by atoms with Crippen LogP contribution in [-0.4, -0.2) is 43.0 Å². The normalized spacial score (nSPS) is 18.7. The summed E-state index contributed by atoms with van der Waals surface area (Å²) in [5, 5.41) is 2.69. The zero-order valence-electron chi connectivity index (χ0n) is 11.0. The number of likely N-dealkylation sites (tertiary alicyclic amines) is 1. The Morgan fingerprint density at radius 3 is 2.79 bits per heavy atom. The number of amides is 2. The summed E-state index contributed by atoms with van der Waals surface area (Å²) in [6, 6.07) is 9.26. The third-order valence-corrected chi connectivity index (χ3v) is 3.11. The second-order valence-electron chi connectivity index (χ2n) is 4.65. The van der Waals surface area contributed by atoms with E-state index in [1.54, 1.807) is 11.9 Å². The highest BCUT2D eigenvalue weighted by atomic mass is 16.5. The van der Waals surface area contributed by atoms with Crippen molar-refractivity contribution in [3.63, 3.8) is 0 Å². The Labute approximate surface area is 112 Å². The predicted octanol–water partition coefficient (Wildman–Crippen LogP) is 0.550.